The first kappa shape index (κ1) is 18.3. The molecule has 132 valence electrons. The molecule has 25 heavy (non-hydrogen) atoms. The molecule has 0 aromatic heterocycles. The first-order chi connectivity index (χ1) is 12.0. The SMILES string of the molecule is COC(=O)c1cccc(C)c1OC(=O)Cc1ccc(OC)c(OC)c1. The predicted octanol–water partition coefficient (Wildman–Crippen LogP) is 2.95. The lowest BCUT2D eigenvalue weighted by Gasteiger charge is -2.12. The average Bonchev–Trinajstić information content (AvgIpc) is 2.62. The Kier molecular flexibility index (Phi) is 6.00. The molecule has 0 bridgehead atoms. The fourth-order valence-corrected chi connectivity index (χ4v) is 2.37. The lowest BCUT2D eigenvalue weighted by Crippen LogP contribution is -2.15. The highest BCUT2D eigenvalue weighted by Gasteiger charge is 2.18. The van der Waals surface area contributed by atoms with E-state index in [1.165, 1.54) is 21.3 Å². The summed E-state index contributed by atoms with van der Waals surface area (Å²) in [5.41, 5.74) is 1.59. The monoisotopic (exact) mass is 344 g/mol. The number of para-hydroxylation sites is 1. The van der Waals surface area contributed by atoms with Gasteiger partial charge >= 0.3 is 11.9 Å². The summed E-state index contributed by atoms with van der Waals surface area (Å²) in [6.07, 6.45) is 0.0231. The van der Waals surface area contributed by atoms with Gasteiger partial charge in [-0.2, -0.15) is 0 Å². The molecule has 2 rings (SSSR count). The van der Waals surface area contributed by atoms with E-state index in [9.17, 15) is 9.59 Å². The maximum absolute atomic E-state index is 12.3. The van der Waals surface area contributed by atoms with Crippen molar-refractivity contribution in [3.8, 4) is 17.2 Å². The number of benzene rings is 2. The fourth-order valence-electron chi connectivity index (χ4n) is 2.37. The Morgan fingerprint density at radius 3 is 2.32 bits per heavy atom. The van der Waals surface area contributed by atoms with E-state index in [2.05, 4.69) is 0 Å². The van der Waals surface area contributed by atoms with Crippen LogP contribution in [0.4, 0.5) is 0 Å². The summed E-state index contributed by atoms with van der Waals surface area (Å²) in [6.45, 7) is 1.76. The number of ether oxygens (including phenoxy) is 4. The molecular formula is C19H20O6. The Morgan fingerprint density at radius 1 is 0.960 bits per heavy atom. The molecule has 2 aromatic rings. The van der Waals surface area contributed by atoms with Crippen LogP contribution in [0, 0.1) is 6.92 Å². The zero-order chi connectivity index (χ0) is 18.4. The number of hydrogen-bond donors (Lipinski definition) is 0. The zero-order valence-electron chi connectivity index (χ0n) is 14.6. The van der Waals surface area contributed by atoms with Crippen LogP contribution in [0.3, 0.4) is 0 Å². The summed E-state index contributed by atoms with van der Waals surface area (Å²) in [4.78, 5) is 24.1. The number of aryl methyl sites for hydroxylation is 1. The molecule has 0 unspecified atom stereocenters. The number of carbonyl (C=O) groups excluding carboxylic acids is 2. The Bertz CT molecular complexity index is 781. The van der Waals surface area contributed by atoms with Crippen LogP contribution in [0.25, 0.3) is 0 Å². The van der Waals surface area contributed by atoms with Crippen molar-refractivity contribution in [2.45, 2.75) is 13.3 Å². The van der Waals surface area contributed by atoms with Gasteiger partial charge in [0.15, 0.2) is 11.5 Å². The molecule has 0 aliphatic carbocycles. The second-order valence-electron chi connectivity index (χ2n) is 5.28. The minimum Gasteiger partial charge on any atom is -0.493 e. The summed E-state index contributed by atoms with van der Waals surface area (Å²) in [5.74, 6) is 0.259. The molecule has 0 aliphatic heterocycles. The van der Waals surface area contributed by atoms with E-state index in [4.69, 9.17) is 18.9 Å². The number of hydrogen-bond acceptors (Lipinski definition) is 6. The summed E-state index contributed by atoms with van der Waals surface area (Å²) in [5, 5.41) is 0. The second kappa shape index (κ2) is 8.19. The van der Waals surface area contributed by atoms with Gasteiger partial charge in [-0.25, -0.2) is 4.79 Å². The van der Waals surface area contributed by atoms with Gasteiger partial charge in [0.2, 0.25) is 0 Å². The number of esters is 2. The lowest BCUT2D eigenvalue weighted by atomic mass is 10.1. The molecule has 0 N–H and O–H groups in total. The largest absolute Gasteiger partial charge is 0.493 e. The van der Waals surface area contributed by atoms with Crippen LogP contribution in [-0.4, -0.2) is 33.3 Å². The highest BCUT2D eigenvalue weighted by Crippen LogP contribution is 2.28. The third-order valence-electron chi connectivity index (χ3n) is 3.63. The number of methoxy groups -OCH3 is 3. The molecule has 0 aliphatic rings. The molecule has 0 radical (unpaired) electrons. The Hall–Kier alpha value is -3.02. The van der Waals surface area contributed by atoms with E-state index in [1.54, 1.807) is 43.3 Å². The minimum absolute atomic E-state index is 0.0231. The zero-order valence-corrected chi connectivity index (χ0v) is 14.6. The van der Waals surface area contributed by atoms with Crippen LogP contribution in [0.15, 0.2) is 36.4 Å². The van der Waals surface area contributed by atoms with Crippen LogP contribution < -0.4 is 14.2 Å². The van der Waals surface area contributed by atoms with Crippen LogP contribution >= 0.6 is 0 Å². The van der Waals surface area contributed by atoms with Crippen molar-refractivity contribution in [3.05, 3.63) is 53.1 Å². The van der Waals surface area contributed by atoms with E-state index < -0.39 is 11.9 Å². The number of carbonyl (C=O) groups is 2. The Labute approximate surface area is 146 Å². The van der Waals surface area contributed by atoms with Gasteiger partial charge in [0.25, 0.3) is 0 Å². The molecule has 0 spiro atoms. The molecule has 6 heteroatoms. The van der Waals surface area contributed by atoms with Crippen molar-refractivity contribution in [2.75, 3.05) is 21.3 Å². The van der Waals surface area contributed by atoms with Gasteiger partial charge in [0.1, 0.15) is 11.3 Å². The average molecular weight is 344 g/mol. The highest BCUT2D eigenvalue weighted by molar-refractivity contribution is 5.94. The van der Waals surface area contributed by atoms with Crippen molar-refractivity contribution in [2.24, 2.45) is 0 Å². The molecule has 0 heterocycles. The summed E-state index contributed by atoms with van der Waals surface area (Å²) in [7, 11) is 4.34. The highest BCUT2D eigenvalue weighted by atomic mass is 16.5. The summed E-state index contributed by atoms with van der Waals surface area (Å²) >= 11 is 0. The van der Waals surface area contributed by atoms with E-state index in [-0.39, 0.29) is 17.7 Å². The molecular weight excluding hydrogens is 324 g/mol. The predicted molar refractivity (Wildman–Crippen MR) is 91.4 cm³/mol. The Balaban J connectivity index is 2.20. The molecule has 2 aromatic carbocycles. The van der Waals surface area contributed by atoms with Gasteiger partial charge in [-0.15, -0.1) is 0 Å². The van der Waals surface area contributed by atoms with Gasteiger partial charge in [-0.1, -0.05) is 18.2 Å². The molecule has 0 saturated heterocycles. The van der Waals surface area contributed by atoms with Crippen molar-refractivity contribution >= 4 is 11.9 Å². The molecule has 0 saturated carbocycles. The van der Waals surface area contributed by atoms with Crippen LogP contribution in [0.1, 0.15) is 21.5 Å². The topological polar surface area (TPSA) is 71.1 Å². The van der Waals surface area contributed by atoms with Crippen molar-refractivity contribution in [3.63, 3.8) is 0 Å². The first-order valence-electron chi connectivity index (χ1n) is 7.59. The van der Waals surface area contributed by atoms with E-state index in [0.29, 0.717) is 22.6 Å². The minimum atomic E-state index is -0.558. The summed E-state index contributed by atoms with van der Waals surface area (Å²) < 4.78 is 20.5. The van der Waals surface area contributed by atoms with Crippen molar-refractivity contribution in [1.29, 1.82) is 0 Å². The van der Waals surface area contributed by atoms with Gasteiger partial charge < -0.3 is 18.9 Å². The molecule has 0 atom stereocenters. The third kappa shape index (κ3) is 4.29. The van der Waals surface area contributed by atoms with Crippen LogP contribution in [0.5, 0.6) is 17.2 Å². The molecule has 0 fully saturated rings. The van der Waals surface area contributed by atoms with Crippen molar-refractivity contribution in [1.82, 2.24) is 0 Å². The second-order valence-corrected chi connectivity index (χ2v) is 5.28. The normalized spacial score (nSPS) is 10.1. The third-order valence-corrected chi connectivity index (χ3v) is 3.63. The van der Waals surface area contributed by atoms with E-state index in [0.717, 1.165) is 0 Å². The van der Waals surface area contributed by atoms with E-state index >= 15 is 0 Å². The van der Waals surface area contributed by atoms with Crippen LogP contribution in [-0.2, 0) is 16.0 Å². The first-order valence-corrected chi connectivity index (χ1v) is 7.59. The van der Waals surface area contributed by atoms with Gasteiger partial charge in [-0.05, 0) is 36.2 Å². The standard InChI is InChI=1S/C19H20O6/c1-12-6-5-7-14(19(21)24-4)18(12)25-17(20)11-13-8-9-15(22-2)16(10-13)23-3/h5-10H,11H2,1-4H3. The maximum atomic E-state index is 12.3. The van der Waals surface area contributed by atoms with Crippen LogP contribution in [0.2, 0.25) is 0 Å². The van der Waals surface area contributed by atoms with E-state index in [1.807, 2.05) is 0 Å². The summed E-state index contributed by atoms with van der Waals surface area (Å²) in [6, 6.07) is 10.2. The number of rotatable bonds is 6. The van der Waals surface area contributed by atoms with Gasteiger partial charge in [-0.3, -0.25) is 4.79 Å². The van der Waals surface area contributed by atoms with Gasteiger partial charge in [0.05, 0.1) is 27.8 Å². The molecule has 6 nitrogen and oxygen atoms in total. The quantitative estimate of drug-likeness (QED) is 0.593. The van der Waals surface area contributed by atoms with Crippen molar-refractivity contribution < 1.29 is 28.5 Å². The smallest absolute Gasteiger partial charge is 0.341 e. The maximum Gasteiger partial charge on any atom is 0.341 e. The lowest BCUT2D eigenvalue weighted by molar-refractivity contribution is -0.133. The molecule has 0 amide bonds. The Morgan fingerprint density at radius 2 is 1.68 bits per heavy atom. The van der Waals surface area contributed by atoms with Gasteiger partial charge in [0, 0.05) is 0 Å². The fraction of sp³-hybridized carbons (Fsp3) is 0.263.